The minimum atomic E-state index is -5.36. The summed E-state index contributed by atoms with van der Waals surface area (Å²) >= 11 is 0. The van der Waals surface area contributed by atoms with Crippen molar-refractivity contribution in [1.82, 2.24) is 4.98 Å². The van der Waals surface area contributed by atoms with E-state index < -0.39 is 18.3 Å². The topological polar surface area (TPSA) is 22.1 Å². The summed E-state index contributed by atoms with van der Waals surface area (Å²) in [4.78, 5) is 3.35. The molecule has 0 saturated heterocycles. The van der Waals surface area contributed by atoms with Crippen molar-refractivity contribution in [3.8, 4) is 5.88 Å². The Morgan fingerprint density at radius 1 is 1.40 bits per heavy atom. The maximum Gasteiger partial charge on any atom is 1.00 e. The van der Waals surface area contributed by atoms with Crippen LogP contribution in [0.3, 0.4) is 0 Å². The number of hydrogen-bond acceptors (Lipinski definition) is 2. The first kappa shape index (κ1) is 15.4. The van der Waals surface area contributed by atoms with Crippen LogP contribution in [0.15, 0.2) is 12.3 Å². The number of hydrogen-bond donors (Lipinski definition) is 0. The zero-order chi connectivity index (χ0) is 10.8. The molecule has 1 heterocycles. The van der Waals surface area contributed by atoms with Crippen molar-refractivity contribution in [2.45, 2.75) is 6.92 Å². The van der Waals surface area contributed by atoms with E-state index in [-0.39, 0.29) is 63.9 Å². The van der Waals surface area contributed by atoms with Gasteiger partial charge in [-0.3, -0.25) is 0 Å². The quantitative estimate of drug-likeness (QED) is 0.488. The fraction of sp³-hybridized carbons (Fsp3) is 0.286. The van der Waals surface area contributed by atoms with E-state index in [2.05, 4.69) is 4.98 Å². The van der Waals surface area contributed by atoms with E-state index in [9.17, 15) is 17.3 Å². The number of ether oxygens (including phenoxy) is 1. The first-order valence-corrected chi connectivity index (χ1v) is 3.93. The first-order chi connectivity index (χ1) is 6.45. The largest absolute Gasteiger partial charge is 1.00 e. The van der Waals surface area contributed by atoms with Crippen molar-refractivity contribution >= 4 is 12.4 Å². The van der Waals surface area contributed by atoms with Crippen LogP contribution in [0, 0.1) is 5.82 Å². The fourth-order valence-corrected chi connectivity index (χ4v) is 0.912. The van der Waals surface area contributed by atoms with Crippen molar-refractivity contribution in [3.05, 3.63) is 18.1 Å². The molecule has 0 N–H and O–H groups in total. The normalized spacial score (nSPS) is 10.7. The summed E-state index contributed by atoms with van der Waals surface area (Å²) in [5, 5.41) is 0. The summed E-state index contributed by atoms with van der Waals surface area (Å²) < 4.78 is 54.0. The average molecular weight is 247 g/mol. The molecule has 0 radical (unpaired) electrons. The predicted octanol–water partition coefficient (Wildman–Crippen LogP) is -1.32. The molecular weight excluding hydrogens is 240 g/mol. The van der Waals surface area contributed by atoms with Crippen LogP contribution in [0.25, 0.3) is 0 Å². The van der Waals surface area contributed by atoms with Crippen LogP contribution in [0.1, 0.15) is 6.92 Å². The van der Waals surface area contributed by atoms with E-state index >= 15 is 0 Å². The van der Waals surface area contributed by atoms with Gasteiger partial charge in [-0.2, -0.15) is 0 Å². The number of aromatic nitrogens is 1. The van der Waals surface area contributed by atoms with Gasteiger partial charge in [0.15, 0.2) is 0 Å². The second-order valence-corrected chi connectivity index (χ2v) is 2.55. The van der Waals surface area contributed by atoms with Crippen molar-refractivity contribution in [1.29, 1.82) is 0 Å². The molecule has 8 heteroatoms. The van der Waals surface area contributed by atoms with Crippen molar-refractivity contribution < 1.29 is 73.5 Å². The van der Waals surface area contributed by atoms with Gasteiger partial charge in [-0.15, -0.1) is 0 Å². The maximum absolute atomic E-state index is 12.7. The molecule has 0 amide bonds. The number of halogens is 4. The summed E-state index contributed by atoms with van der Waals surface area (Å²) in [6.45, 7) is -3.57. The fourth-order valence-electron chi connectivity index (χ4n) is 0.912. The number of rotatable bonds is 3. The Kier molecular flexibility index (Phi) is 6.34. The van der Waals surface area contributed by atoms with Crippen molar-refractivity contribution in [2.75, 3.05) is 6.61 Å². The molecule has 0 bridgehead atoms. The van der Waals surface area contributed by atoms with E-state index in [0.29, 0.717) is 12.3 Å². The minimum Gasteiger partial charge on any atom is -0.478 e. The molecule has 1 aromatic rings. The van der Waals surface area contributed by atoms with Crippen LogP contribution in [-0.4, -0.2) is 18.6 Å². The predicted molar refractivity (Wildman–Crippen MR) is 44.1 cm³/mol. The van der Waals surface area contributed by atoms with E-state index in [0.717, 1.165) is 0 Å². The average Bonchev–Trinajstić information content (AvgIpc) is 2.07. The summed E-state index contributed by atoms with van der Waals surface area (Å²) in [5.74, 6) is -1.59. The van der Waals surface area contributed by atoms with Crippen molar-refractivity contribution in [3.63, 3.8) is 0 Å². The molecule has 0 aliphatic rings. The molecule has 15 heavy (non-hydrogen) atoms. The Bertz CT molecular complexity index is 333. The summed E-state index contributed by atoms with van der Waals surface area (Å²) in [6.07, 6.45) is 0.509. The Morgan fingerprint density at radius 2 is 2.00 bits per heavy atom. The van der Waals surface area contributed by atoms with Gasteiger partial charge in [0.05, 0.1) is 12.8 Å². The molecule has 78 valence electrons. The van der Waals surface area contributed by atoms with E-state index in [1.807, 2.05) is 0 Å². The molecule has 1 rings (SSSR count). The smallest absolute Gasteiger partial charge is 0.478 e. The third kappa shape index (κ3) is 4.39. The third-order valence-electron chi connectivity index (χ3n) is 1.50. The molecule has 1 aromatic heterocycles. The van der Waals surface area contributed by atoms with Crippen molar-refractivity contribution in [2.24, 2.45) is 0 Å². The van der Waals surface area contributed by atoms with Gasteiger partial charge in [-0.25, -0.2) is 9.37 Å². The van der Waals surface area contributed by atoms with E-state index in [4.69, 9.17) is 4.74 Å². The van der Waals surface area contributed by atoms with E-state index in [1.54, 1.807) is 6.92 Å². The Labute approximate surface area is 127 Å². The summed E-state index contributed by atoms with van der Waals surface area (Å²) in [5.41, 5.74) is -1.30. The Hall–Kier alpha value is 0.371. The number of nitrogens with zero attached hydrogens (tertiary/aromatic N) is 1. The molecule has 0 unspecified atom stereocenters. The van der Waals surface area contributed by atoms with Crippen LogP contribution >= 0.6 is 0 Å². The SMILES string of the molecule is CCOc1cc([B-](F)(F)F)c(F)cn1.[K+]. The van der Waals surface area contributed by atoms with Crippen LogP contribution < -0.4 is 61.6 Å². The summed E-state index contributed by atoms with van der Waals surface area (Å²) in [7, 11) is 0. The molecule has 0 aromatic carbocycles. The van der Waals surface area contributed by atoms with Crippen LogP contribution in [-0.2, 0) is 0 Å². The van der Waals surface area contributed by atoms with E-state index in [1.165, 1.54) is 0 Å². The van der Waals surface area contributed by atoms with Crippen LogP contribution in [0.2, 0.25) is 0 Å². The zero-order valence-electron chi connectivity index (χ0n) is 8.31. The Morgan fingerprint density at radius 3 is 2.47 bits per heavy atom. The van der Waals surface area contributed by atoms with Gasteiger partial charge in [0, 0.05) is 0 Å². The molecule has 0 atom stereocenters. The van der Waals surface area contributed by atoms with Gasteiger partial charge in [-0.05, 0) is 13.0 Å². The molecule has 2 nitrogen and oxygen atoms in total. The first-order valence-electron chi connectivity index (χ1n) is 3.93. The number of pyridine rings is 1. The molecule has 0 aliphatic heterocycles. The third-order valence-corrected chi connectivity index (χ3v) is 1.50. The van der Waals surface area contributed by atoms with Gasteiger partial charge in [0.1, 0.15) is 5.82 Å². The summed E-state index contributed by atoms with van der Waals surface area (Å²) in [6, 6.07) is 0.568. The standard InChI is InChI=1S/C7H7BF4NO.K/c1-2-14-7-3-5(8(10,11)12)6(9)4-13-7;/h3-4H,2H2,1H3;/q-1;+1. The zero-order valence-corrected chi connectivity index (χ0v) is 11.4. The molecule has 0 fully saturated rings. The molecule has 0 saturated carbocycles. The molecule has 0 aliphatic carbocycles. The second kappa shape index (κ2) is 6.19. The van der Waals surface area contributed by atoms with Gasteiger partial charge in [0.2, 0.25) is 5.88 Å². The van der Waals surface area contributed by atoms with Gasteiger partial charge >= 0.3 is 58.4 Å². The van der Waals surface area contributed by atoms with Crippen LogP contribution in [0.4, 0.5) is 17.3 Å². The second-order valence-electron chi connectivity index (χ2n) is 2.55. The van der Waals surface area contributed by atoms with Crippen LogP contribution in [0.5, 0.6) is 5.88 Å². The molecule has 0 spiro atoms. The van der Waals surface area contributed by atoms with Gasteiger partial charge < -0.3 is 17.7 Å². The molecular formula is C7H7BF4KNO. The maximum atomic E-state index is 12.7. The van der Waals surface area contributed by atoms with Gasteiger partial charge in [0.25, 0.3) is 0 Å². The minimum absolute atomic E-state index is 0. The van der Waals surface area contributed by atoms with Gasteiger partial charge in [-0.1, -0.05) is 5.46 Å². The Balaban J connectivity index is 0.00000196. The monoisotopic (exact) mass is 247 g/mol.